The van der Waals surface area contributed by atoms with Gasteiger partial charge in [0.25, 0.3) is 0 Å². The highest BCUT2D eigenvalue weighted by Gasteiger charge is 2.11. The second-order valence-corrected chi connectivity index (χ2v) is 4.09. The van der Waals surface area contributed by atoms with E-state index < -0.39 is 5.97 Å². The van der Waals surface area contributed by atoms with Gasteiger partial charge in [-0.3, -0.25) is 9.88 Å². The Morgan fingerprint density at radius 2 is 2.05 bits per heavy atom. The topological polar surface area (TPSA) is 82.5 Å². The summed E-state index contributed by atoms with van der Waals surface area (Å²) in [5.74, 6) is -1.04. The molecular weight excluding hydrogens is 258 g/mol. The Balaban J connectivity index is 2.12. The molecule has 0 bridgehead atoms. The summed E-state index contributed by atoms with van der Waals surface area (Å²) < 4.78 is 0. The third-order valence-electron chi connectivity index (χ3n) is 2.70. The summed E-state index contributed by atoms with van der Waals surface area (Å²) in [5, 5.41) is 11.5. The maximum Gasteiger partial charge on any atom is 0.335 e. The van der Waals surface area contributed by atoms with Crippen LogP contribution in [0.5, 0.6) is 0 Å². The van der Waals surface area contributed by atoms with Crippen molar-refractivity contribution in [1.29, 1.82) is 0 Å². The molecule has 6 heteroatoms. The van der Waals surface area contributed by atoms with E-state index in [0.717, 1.165) is 0 Å². The lowest BCUT2D eigenvalue weighted by atomic mass is 10.2. The van der Waals surface area contributed by atoms with Crippen LogP contribution >= 0.6 is 0 Å². The van der Waals surface area contributed by atoms with Crippen LogP contribution in [0.2, 0.25) is 0 Å². The van der Waals surface area contributed by atoms with Gasteiger partial charge in [0.2, 0.25) is 0 Å². The van der Waals surface area contributed by atoms with Crippen LogP contribution in [-0.2, 0) is 0 Å². The number of hydrogen-bond acceptors (Lipinski definition) is 3. The van der Waals surface area contributed by atoms with Crippen LogP contribution in [0.3, 0.4) is 0 Å². The van der Waals surface area contributed by atoms with E-state index in [9.17, 15) is 9.59 Å². The van der Waals surface area contributed by atoms with Crippen LogP contribution in [0.25, 0.3) is 0 Å². The Morgan fingerprint density at radius 1 is 1.25 bits per heavy atom. The van der Waals surface area contributed by atoms with Gasteiger partial charge in [0.05, 0.1) is 17.4 Å². The first-order valence-electron chi connectivity index (χ1n) is 5.86. The molecule has 0 spiro atoms. The van der Waals surface area contributed by atoms with Gasteiger partial charge in [0, 0.05) is 18.9 Å². The summed E-state index contributed by atoms with van der Waals surface area (Å²) in [6, 6.07) is 9.16. The molecule has 1 aromatic heterocycles. The number of pyridine rings is 1. The number of hydrogen-bond donors (Lipinski definition) is 2. The van der Waals surface area contributed by atoms with Crippen LogP contribution in [0, 0.1) is 0 Å². The quantitative estimate of drug-likeness (QED) is 0.898. The zero-order valence-electron chi connectivity index (χ0n) is 10.8. The molecule has 6 nitrogen and oxygen atoms in total. The first-order valence-corrected chi connectivity index (χ1v) is 5.86. The number of aromatic carboxylic acids is 1. The zero-order chi connectivity index (χ0) is 14.5. The van der Waals surface area contributed by atoms with Crippen molar-refractivity contribution in [2.75, 3.05) is 17.3 Å². The first-order chi connectivity index (χ1) is 9.58. The van der Waals surface area contributed by atoms with Crippen LogP contribution in [0.15, 0.2) is 48.8 Å². The van der Waals surface area contributed by atoms with Crippen LogP contribution in [0.4, 0.5) is 16.2 Å². The van der Waals surface area contributed by atoms with E-state index in [2.05, 4.69) is 10.3 Å². The molecule has 1 heterocycles. The molecule has 20 heavy (non-hydrogen) atoms. The molecule has 0 atom stereocenters. The lowest BCUT2D eigenvalue weighted by Crippen LogP contribution is -2.31. The molecule has 2 N–H and O–H groups in total. The zero-order valence-corrected chi connectivity index (χ0v) is 10.8. The smallest absolute Gasteiger partial charge is 0.335 e. The number of aromatic nitrogens is 1. The van der Waals surface area contributed by atoms with E-state index >= 15 is 0 Å². The molecule has 0 radical (unpaired) electrons. The fourth-order valence-electron chi connectivity index (χ4n) is 1.61. The molecule has 102 valence electrons. The number of anilines is 2. The van der Waals surface area contributed by atoms with Gasteiger partial charge >= 0.3 is 12.0 Å². The van der Waals surface area contributed by atoms with Crippen molar-refractivity contribution >= 4 is 23.4 Å². The molecule has 0 aliphatic heterocycles. The predicted molar refractivity (Wildman–Crippen MR) is 75.1 cm³/mol. The van der Waals surface area contributed by atoms with Crippen molar-refractivity contribution in [2.45, 2.75) is 0 Å². The largest absolute Gasteiger partial charge is 0.478 e. The summed E-state index contributed by atoms with van der Waals surface area (Å²) in [4.78, 5) is 28.2. The van der Waals surface area contributed by atoms with Gasteiger partial charge in [-0.25, -0.2) is 9.59 Å². The van der Waals surface area contributed by atoms with Crippen molar-refractivity contribution in [3.8, 4) is 0 Å². The lowest BCUT2D eigenvalue weighted by Gasteiger charge is -2.17. The summed E-state index contributed by atoms with van der Waals surface area (Å²) in [5.41, 5.74) is 1.18. The number of carboxylic acid groups (broad SMARTS) is 1. The van der Waals surface area contributed by atoms with E-state index in [1.807, 2.05) is 0 Å². The molecule has 0 saturated heterocycles. The van der Waals surface area contributed by atoms with Gasteiger partial charge in [-0.05, 0) is 30.3 Å². The fraction of sp³-hybridized carbons (Fsp3) is 0.0714. The summed E-state index contributed by atoms with van der Waals surface area (Å²) in [6.07, 6.45) is 3.18. The second kappa shape index (κ2) is 5.83. The maximum absolute atomic E-state index is 12.0. The normalized spacial score (nSPS) is 9.85. The van der Waals surface area contributed by atoms with E-state index in [1.54, 1.807) is 43.7 Å². The number of nitrogens with one attached hydrogen (secondary N) is 1. The lowest BCUT2D eigenvalue weighted by molar-refractivity contribution is 0.0697. The third kappa shape index (κ3) is 3.11. The van der Waals surface area contributed by atoms with Gasteiger partial charge in [-0.1, -0.05) is 6.07 Å². The number of carbonyl (C=O) groups is 2. The Labute approximate surface area is 115 Å². The van der Waals surface area contributed by atoms with Gasteiger partial charge in [0.15, 0.2) is 0 Å². The Bertz CT molecular complexity index is 629. The minimum Gasteiger partial charge on any atom is -0.478 e. The Kier molecular flexibility index (Phi) is 3.95. The second-order valence-electron chi connectivity index (χ2n) is 4.09. The molecule has 1 aromatic carbocycles. The van der Waals surface area contributed by atoms with Crippen molar-refractivity contribution in [3.63, 3.8) is 0 Å². The number of carboxylic acids is 1. The molecule has 0 saturated carbocycles. The number of nitrogens with zero attached hydrogens (tertiary/aromatic N) is 2. The Morgan fingerprint density at radius 3 is 2.70 bits per heavy atom. The first kappa shape index (κ1) is 13.5. The minimum absolute atomic E-state index is 0.117. The van der Waals surface area contributed by atoms with Crippen LogP contribution in [0.1, 0.15) is 10.4 Å². The fourth-order valence-corrected chi connectivity index (χ4v) is 1.61. The van der Waals surface area contributed by atoms with Crippen LogP contribution in [-0.4, -0.2) is 29.1 Å². The molecule has 2 amide bonds. The van der Waals surface area contributed by atoms with Crippen molar-refractivity contribution in [1.82, 2.24) is 4.98 Å². The monoisotopic (exact) mass is 271 g/mol. The highest BCUT2D eigenvalue weighted by Crippen LogP contribution is 2.14. The maximum atomic E-state index is 12.0. The summed E-state index contributed by atoms with van der Waals surface area (Å²) in [6.45, 7) is 0. The molecule has 0 fully saturated rings. The SMILES string of the molecule is CN(C(=O)Nc1cccc(C(=O)O)c1)c1cccnc1. The van der Waals surface area contributed by atoms with Gasteiger partial charge in [-0.15, -0.1) is 0 Å². The van der Waals surface area contributed by atoms with Gasteiger partial charge in [-0.2, -0.15) is 0 Å². The molecule has 2 aromatic rings. The van der Waals surface area contributed by atoms with Crippen LogP contribution < -0.4 is 10.2 Å². The molecule has 0 unspecified atom stereocenters. The summed E-state index contributed by atoms with van der Waals surface area (Å²) >= 11 is 0. The van der Waals surface area contributed by atoms with Crippen molar-refractivity contribution < 1.29 is 14.7 Å². The van der Waals surface area contributed by atoms with Gasteiger partial charge in [0.1, 0.15) is 0 Å². The van der Waals surface area contributed by atoms with E-state index in [1.165, 1.54) is 17.0 Å². The Hall–Kier alpha value is -2.89. The molecular formula is C14H13N3O3. The molecule has 2 rings (SSSR count). The number of rotatable bonds is 3. The van der Waals surface area contributed by atoms with E-state index in [4.69, 9.17) is 5.11 Å². The van der Waals surface area contributed by atoms with Gasteiger partial charge < -0.3 is 10.4 Å². The highest BCUT2D eigenvalue weighted by atomic mass is 16.4. The number of carbonyl (C=O) groups excluding carboxylic acids is 1. The number of benzene rings is 1. The molecule has 0 aliphatic rings. The average molecular weight is 271 g/mol. The predicted octanol–water partition coefficient (Wildman–Crippen LogP) is 2.45. The van der Waals surface area contributed by atoms with Crippen molar-refractivity contribution in [2.24, 2.45) is 0 Å². The average Bonchev–Trinajstić information content (AvgIpc) is 2.47. The summed E-state index contributed by atoms with van der Waals surface area (Å²) in [7, 11) is 1.60. The number of amides is 2. The van der Waals surface area contributed by atoms with E-state index in [-0.39, 0.29) is 11.6 Å². The third-order valence-corrected chi connectivity index (χ3v) is 2.70. The molecule has 0 aliphatic carbocycles. The number of urea groups is 1. The highest BCUT2D eigenvalue weighted by molar-refractivity contribution is 6.01. The minimum atomic E-state index is -1.04. The van der Waals surface area contributed by atoms with Crippen molar-refractivity contribution in [3.05, 3.63) is 54.4 Å². The standard InChI is InChI=1S/C14H13N3O3/c1-17(12-6-3-7-15-9-12)14(20)16-11-5-2-4-10(8-11)13(18)19/h2-9H,1H3,(H,16,20)(H,18,19). The van der Waals surface area contributed by atoms with E-state index in [0.29, 0.717) is 11.4 Å².